The molecule has 3 nitrogen and oxygen atoms in total. The quantitative estimate of drug-likeness (QED) is 0.662. The molecule has 1 N–H and O–H groups in total. The average Bonchev–Trinajstić information content (AvgIpc) is 2.03. The Balaban J connectivity index is 2.57. The third kappa shape index (κ3) is 1.94. The summed E-state index contributed by atoms with van der Waals surface area (Å²) < 4.78 is 17.8. The minimum Gasteiger partial charge on any atom is -0.395 e. The summed E-state index contributed by atoms with van der Waals surface area (Å²) in [6.07, 6.45) is -1.34. The number of nitrogens with zero attached hydrogens (tertiary/aromatic N) is 1. The van der Waals surface area contributed by atoms with E-state index >= 15 is 0 Å². The molecule has 1 saturated heterocycles. The van der Waals surface area contributed by atoms with Gasteiger partial charge in [0.25, 0.3) is 0 Å². The van der Waals surface area contributed by atoms with Crippen LogP contribution < -0.4 is 0 Å². The van der Waals surface area contributed by atoms with Crippen molar-refractivity contribution >= 4 is 0 Å². The number of hydrogen-bond acceptors (Lipinski definition) is 3. The third-order valence-electron chi connectivity index (χ3n) is 2.21. The summed E-state index contributed by atoms with van der Waals surface area (Å²) >= 11 is 0. The monoisotopic (exact) mass is 177 g/mol. The molecule has 0 spiro atoms. The summed E-state index contributed by atoms with van der Waals surface area (Å²) in [6, 6.07) is -0.233. The Labute approximate surface area is 72.1 Å². The van der Waals surface area contributed by atoms with Gasteiger partial charge in [-0.3, -0.25) is 4.90 Å². The largest absolute Gasteiger partial charge is 0.395 e. The van der Waals surface area contributed by atoms with Gasteiger partial charge in [-0.05, 0) is 13.8 Å². The van der Waals surface area contributed by atoms with E-state index in [1.807, 2.05) is 18.7 Å². The summed E-state index contributed by atoms with van der Waals surface area (Å²) in [5.41, 5.74) is 0. The van der Waals surface area contributed by atoms with Crippen molar-refractivity contribution in [1.82, 2.24) is 4.90 Å². The Morgan fingerprint density at radius 1 is 1.67 bits per heavy atom. The van der Waals surface area contributed by atoms with Crippen LogP contribution in [0.2, 0.25) is 0 Å². The van der Waals surface area contributed by atoms with Gasteiger partial charge in [-0.15, -0.1) is 0 Å². The maximum atomic E-state index is 13.0. The molecule has 1 heterocycles. The van der Waals surface area contributed by atoms with Crippen molar-refractivity contribution in [3.63, 3.8) is 0 Å². The molecule has 72 valence electrons. The van der Waals surface area contributed by atoms with Gasteiger partial charge in [0.15, 0.2) is 0 Å². The highest BCUT2D eigenvalue weighted by molar-refractivity contribution is 4.79. The standard InChI is InChI=1S/C8H16FNO2/c1-6(2)10-3-4-12-8(9)7(10)5-11/h6-8,11H,3-5H2,1-2H3. The highest BCUT2D eigenvalue weighted by Crippen LogP contribution is 2.17. The number of aliphatic hydroxyl groups excluding tert-OH is 1. The van der Waals surface area contributed by atoms with Crippen LogP contribution in [0.3, 0.4) is 0 Å². The molecule has 0 aromatic heterocycles. The zero-order valence-electron chi connectivity index (χ0n) is 7.53. The fraction of sp³-hybridized carbons (Fsp3) is 1.00. The second kappa shape index (κ2) is 4.16. The van der Waals surface area contributed by atoms with Crippen molar-refractivity contribution in [2.45, 2.75) is 32.3 Å². The van der Waals surface area contributed by atoms with Crippen LogP contribution in [-0.2, 0) is 4.74 Å². The molecule has 4 heteroatoms. The van der Waals surface area contributed by atoms with Crippen molar-refractivity contribution in [2.24, 2.45) is 0 Å². The molecular weight excluding hydrogens is 161 g/mol. The summed E-state index contributed by atoms with van der Waals surface area (Å²) in [5, 5.41) is 8.92. The number of morpholine rings is 1. The third-order valence-corrected chi connectivity index (χ3v) is 2.21. The maximum absolute atomic E-state index is 13.0. The van der Waals surface area contributed by atoms with E-state index in [4.69, 9.17) is 9.84 Å². The predicted octanol–water partition coefficient (Wildman–Crippen LogP) is 0.384. The van der Waals surface area contributed by atoms with Crippen molar-refractivity contribution in [1.29, 1.82) is 0 Å². The van der Waals surface area contributed by atoms with Crippen LogP contribution in [0.25, 0.3) is 0 Å². The molecular formula is C8H16FNO2. The smallest absolute Gasteiger partial charge is 0.216 e. The Morgan fingerprint density at radius 3 is 2.75 bits per heavy atom. The van der Waals surface area contributed by atoms with Crippen molar-refractivity contribution in [2.75, 3.05) is 19.8 Å². The van der Waals surface area contributed by atoms with Gasteiger partial charge in [0.05, 0.1) is 19.3 Å². The first-order valence-corrected chi connectivity index (χ1v) is 4.29. The van der Waals surface area contributed by atoms with Crippen molar-refractivity contribution in [3.8, 4) is 0 Å². The number of halogens is 1. The molecule has 0 saturated carbocycles. The molecule has 1 fully saturated rings. The highest BCUT2D eigenvalue weighted by Gasteiger charge is 2.32. The van der Waals surface area contributed by atoms with Crippen LogP contribution in [0, 0.1) is 0 Å². The normalized spacial score (nSPS) is 32.8. The van der Waals surface area contributed by atoms with Gasteiger partial charge in [0.1, 0.15) is 0 Å². The first-order chi connectivity index (χ1) is 5.66. The lowest BCUT2D eigenvalue weighted by molar-refractivity contribution is -0.153. The van der Waals surface area contributed by atoms with Crippen LogP contribution in [0.5, 0.6) is 0 Å². The lowest BCUT2D eigenvalue weighted by Gasteiger charge is -2.39. The molecule has 0 aromatic rings. The molecule has 1 aliphatic rings. The van der Waals surface area contributed by atoms with Crippen LogP contribution in [0.4, 0.5) is 4.39 Å². The summed E-state index contributed by atoms with van der Waals surface area (Å²) in [6.45, 7) is 4.90. The van der Waals surface area contributed by atoms with Gasteiger partial charge >= 0.3 is 0 Å². The molecule has 0 amide bonds. The molecule has 0 bridgehead atoms. The van der Waals surface area contributed by atoms with Crippen molar-refractivity contribution < 1.29 is 14.2 Å². The fourth-order valence-electron chi connectivity index (χ4n) is 1.53. The second-order valence-corrected chi connectivity index (χ2v) is 3.30. The number of alkyl halides is 1. The van der Waals surface area contributed by atoms with E-state index in [0.29, 0.717) is 13.2 Å². The van der Waals surface area contributed by atoms with Crippen LogP contribution in [0.1, 0.15) is 13.8 Å². The molecule has 1 rings (SSSR count). The van der Waals surface area contributed by atoms with Crippen molar-refractivity contribution in [3.05, 3.63) is 0 Å². The number of aliphatic hydroxyl groups is 1. The highest BCUT2D eigenvalue weighted by atomic mass is 19.1. The molecule has 0 aliphatic carbocycles. The van der Waals surface area contributed by atoms with E-state index in [1.54, 1.807) is 0 Å². The zero-order chi connectivity index (χ0) is 9.14. The molecule has 2 unspecified atom stereocenters. The Bertz CT molecular complexity index is 143. The Hall–Kier alpha value is -0.190. The van der Waals surface area contributed by atoms with E-state index in [2.05, 4.69) is 0 Å². The van der Waals surface area contributed by atoms with Gasteiger partial charge in [-0.25, -0.2) is 4.39 Å². The van der Waals surface area contributed by atoms with Gasteiger partial charge < -0.3 is 9.84 Å². The average molecular weight is 177 g/mol. The van der Waals surface area contributed by atoms with Crippen LogP contribution in [0.15, 0.2) is 0 Å². The van der Waals surface area contributed by atoms with E-state index in [9.17, 15) is 4.39 Å². The molecule has 0 radical (unpaired) electrons. The van der Waals surface area contributed by atoms with Crippen LogP contribution >= 0.6 is 0 Å². The lowest BCUT2D eigenvalue weighted by atomic mass is 10.2. The Morgan fingerprint density at radius 2 is 2.33 bits per heavy atom. The number of rotatable bonds is 2. The number of ether oxygens (including phenoxy) is 1. The van der Waals surface area contributed by atoms with Gasteiger partial charge in [0, 0.05) is 12.6 Å². The first-order valence-electron chi connectivity index (χ1n) is 4.29. The second-order valence-electron chi connectivity index (χ2n) is 3.30. The summed E-state index contributed by atoms with van der Waals surface area (Å²) in [7, 11) is 0. The molecule has 0 aromatic carbocycles. The van der Waals surface area contributed by atoms with E-state index in [0.717, 1.165) is 0 Å². The molecule has 2 atom stereocenters. The zero-order valence-corrected chi connectivity index (χ0v) is 7.53. The van der Waals surface area contributed by atoms with Gasteiger partial charge in [0.2, 0.25) is 6.36 Å². The number of hydrogen-bond donors (Lipinski definition) is 1. The first kappa shape index (κ1) is 9.89. The minimum absolute atomic E-state index is 0.181. The van der Waals surface area contributed by atoms with E-state index in [-0.39, 0.29) is 12.6 Å². The lowest BCUT2D eigenvalue weighted by Crippen LogP contribution is -2.54. The SMILES string of the molecule is CC(C)N1CCOC(F)C1CO. The van der Waals surface area contributed by atoms with E-state index < -0.39 is 12.4 Å². The summed E-state index contributed by atoms with van der Waals surface area (Å²) in [5.74, 6) is 0. The minimum atomic E-state index is -1.34. The fourth-order valence-corrected chi connectivity index (χ4v) is 1.53. The molecule has 12 heavy (non-hydrogen) atoms. The topological polar surface area (TPSA) is 32.7 Å². The maximum Gasteiger partial charge on any atom is 0.216 e. The van der Waals surface area contributed by atoms with Gasteiger partial charge in [-0.1, -0.05) is 0 Å². The van der Waals surface area contributed by atoms with E-state index in [1.165, 1.54) is 0 Å². The Kier molecular flexibility index (Phi) is 3.43. The van der Waals surface area contributed by atoms with Gasteiger partial charge in [-0.2, -0.15) is 0 Å². The summed E-state index contributed by atoms with van der Waals surface area (Å²) in [4.78, 5) is 1.92. The van der Waals surface area contributed by atoms with Crippen LogP contribution in [-0.4, -0.2) is 48.2 Å². The predicted molar refractivity (Wildman–Crippen MR) is 43.6 cm³/mol. The molecule has 1 aliphatic heterocycles.